The summed E-state index contributed by atoms with van der Waals surface area (Å²) < 4.78 is 23.7. The van der Waals surface area contributed by atoms with Gasteiger partial charge < -0.3 is 4.79 Å². The zero-order valence-electron chi connectivity index (χ0n) is 7.60. The van der Waals surface area contributed by atoms with Gasteiger partial charge in [0, 0.05) is 17.0 Å². The number of benzene rings is 1. The Kier molecular flexibility index (Phi) is 2.40. The average Bonchev–Trinajstić information content (AvgIpc) is 2.43. The van der Waals surface area contributed by atoms with Gasteiger partial charge in [0.1, 0.15) is 6.29 Å². The van der Waals surface area contributed by atoms with Crippen molar-refractivity contribution in [1.29, 1.82) is 0 Å². The normalized spacial score (nSPS) is 17.0. The van der Waals surface area contributed by atoms with Crippen molar-refractivity contribution in [2.45, 2.75) is 11.3 Å². The first kappa shape index (κ1) is 10.4. The molecule has 2 rings (SSSR count). The third kappa shape index (κ3) is 1.50. The highest BCUT2D eigenvalue weighted by Crippen LogP contribution is 2.37. The fourth-order valence-corrected chi connectivity index (χ4v) is 3.37. The Balaban J connectivity index is 2.69. The van der Waals surface area contributed by atoms with Crippen molar-refractivity contribution in [2.24, 2.45) is 0 Å². The highest BCUT2D eigenvalue weighted by molar-refractivity contribution is 7.95. The fraction of sp³-hybridized carbons (Fsp3) is 0.100. The zero-order valence-corrected chi connectivity index (χ0v) is 9.18. The molecule has 1 heterocycles. The molecule has 1 aliphatic rings. The zero-order chi connectivity index (χ0) is 11.1. The van der Waals surface area contributed by atoms with Crippen LogP contribution < -0.4 is 0 Å². The number of hydrogen-bond donors (Lipinski definition) is 0. The SMILES string of the molecule is O=CCC1=Cc2c(Cl)cccc2S1(=O)=O. The molecule has 5 heteroatoms. The van der Waals surface area contributed by atoms with Crippen molar-refractivity contribution in [1.82, 2.24) is 0 Å². The van der Waals surface area contributed by atoms with Gasteiger partial charge in [0.05, 0.1) is 9.80 Å². The second-order valence-corrected chi connectivity index (χ2v) is 5.51. The van der Waals surface area contributed by atoms with E-state index in [1.165, 1.54) is 12.1 Å². The van der Waals surface area contributed by atoms with E-state index in [4.69, 9.17) is 11.6 Å². The molecule has 1 aromatic carbocycles. The third-order valence-corrected chi connectivity index (χ3v) is 4.48. The Labute approximate surface area is 92.3 Å². The smallest absolute Gasteiger partial charge is 0.203 e. The molecule has 0 fully saturated rings. The van der Waals surface area contributed by atoms with Gasteiger partial charge in [0.15, 0.2) is 0 Å². The molecule has 1 aromatic rings. The van der Waals surface area contributed by atoms with Gasteiger partial charge in [-0.1, -0.05) is 17.7 Å². The molecule has 1 aliphatic heterocycles. The number of fused-ring (bicyclic) bond motifs is 1. The van der Waals surface area contributed by atoms with Gasteiger partial charge in [-0.3, -0.25) is 0 Å². The molecular weight excluding hydrogens is 236 g/mol. The lowest BCUT2D eigenvalue weighted by molar-refractivity contribution is -0.107. The second-order valence-electron chi connectivity index (χ2n) is 3.14. The molecule has 0 N–H and O–H groups in total. The molecule has 0 amide bonds. The lowest BCUT2D eigenvalue weighted by Crippen LogP contribution is -2.00. The Bertz CT molecular complexity index is 558. The summed E-state index contributed by atoms with van der Waals surface area (Å²) in [7, 11) is -3.49. The van der Waals surface area contributed by atoms with Crippen LogP contribution in [0.25, 0.3) is 6.08 Å². The van der Waals surface area contributed by atoms with E-state index in [9.17, 15) is 13.2 Å². The molecule has 0 radical (unpaired) electrons. The summed E-state index contributed by atoms with van der Waals surface area (Å²) in [6.45, 7) is 0. The van der Waals surface area contributed by atoms with Gasteiger partial charge in [0.2, 0.25) is 9.84 Å². The molecule has 0 saturated heterocycles. The lowest BCUT2D eigenvalue weighted by Gasteiger charge is -2.00. The number of carbonyl (C=O) groups is 1. The van der Waals surface area contributed by atoms with Crippen LogP contribution in [0, 0.1) is 0 Å². The summed E-state index contributed by atoms with van der Waals surface area (Å²) in [5, 5.41) is 0.386. The van der Waals surface area contributed by atoms with Crippen LogP contribution in [-0.4, -0.2) is 14.7 Å². The van der Waals surface area contributed by atoms with Crippen molar-refractivity contribution in [2.75, 3.05) is 0 Å². The number of sulfone groups is 1. The van der Waals surface area contributed by atoms with Crippen LogP contribution in [0.5, 0.6) is 0 Å². The minimum absolute atomic E-state index is 0.104. The summed E-state index contributed by atoms with van der Waals surface area (Å²) in [6, 6.07) is 4.69. The van der Waals surface area contributed by atoms with Crippen LogP contribution in [0.4, 0.5) is 0 Å². The standard InChI is InChI=1S/C10H7ClO3S/c11-9-2-1-3-10-8(9)6-7(4-5-12)15(10,13)14/h1-3,5-6H,4H2. The van der Waals surface area contributed by atoms with Crippen molar-refractivity contribution in [3.63, 3.8) is 0 Å². The molecule has 0 bridgehead atoms. The minimum atomic E-state index is -3.49. The van der Waals surface area contributed by atoms with E-state index in [1.54, 1.807) is 12.1 Å². The summed E-state index contributed by atoms with van der Waals surface area (Å²) >= 11 is 5.87. The second kappa shape index (κ2) is 3.47. The van der Waals surface area contributed by atoms with E-state index >= 15 is 0 Å². The van der Waals surface area contributed by atoms with E-state index < -0.39 is 9.84 Å². The van der Waals surface area contributed by atoms with Crippen LogP contribution in [-0.2, 0) is 14.6 Å². The van der Waals surface area contributed by atoms with E-state index in [0.29, 0.717) is 16.9 Å². The molecule has 0 saturated carbocycles. The van der Waals surface area contributed by atoms with Crippen molar-refractivity contribution < 1.29 is 13.2 Å². The maximum absolute atomic E-state index is 11.8. The van der Waals surface area contributed by atoms with E-state index in [1.807, 2.05) is 0 Å². The molecule has 3 nitrogen and oxygen atoms in total. The fourth-order valence-electron chi connectivity index (χ4n) is 1.52. The minimum Gasteiger partial charge on any atom is -0.303 e. The van der Waals surface area contributed by atoms with E-state index in [0.717, 1.165) is 0 Å². The Morgan fingerprint density at radius 2 is 2.07 bits per heavy atom. The van der Waals surface area contributed by atoms with E-state index in [-0.39, 0.29) is 16.2 Å². The van der Waals surface area contributed by atoms with Crippen LogP contribution in [0.3, 0.4) is 0 Å². The first-order valence-electron chi connectivity index (χ1n) is 4.25. The molecule has 78 valence electrons. The molecule has 0 spiro atoms. The Morgan fingerprint density at radius 1 is 1.33 bits per heavy atom. The van der Waals surface area contributed by atoms with Gasteiger partial charge >= 0.3 is 0 Å². The van der Waals surface area contributed by atoms with Crippen LogP contribution in [0.2, 0.25) is 5.02 Å². The maximum atomic E-state index is 11.8. The predicted molar refractivity (Wildman–Crippen MR) is 57.3 cm³/mol. The third-order valence-electron chi connectivity index (χ3n) is 2.24. The van der Waals surface area contributed by atoms with E-state index in [2.05, 4.69) is 0 Å². The highest BCUT2D eigenvalue weighted by atomic mass is 35.5. The quantitative estimate of drug-likeness (QED) is 0.746. The molecule has 0 aromatic heterocycles. The van der Waals surface area contributed by atoms with Gasteiger partial charge in [-0.15, -0.1) is 0 Å². The number of aldehydes is 1. The Morgan fingerprint density at radius 3 is 2.67 bits per heavy atom. The monoisotopic (exact) mass is 242 g/mol. The van der Waals surface area contributed by atoms with Crippen LogP contribution >= 0.6 is 11.6 Å². The van der Waals surface area contributed by atoms with Gasteiger partial charge in [-0.2, -0.15) is 0 Å². The van der Waals surface area contributed by atoms with Crippen LogP contribution in [0.1, 0.15) is 12.0 Å². The lowest BCUT2D eigenvalue weighted by atomic mass is 10.2. The summed E-state index contributed by atoms with van der Waals surface area (Å²) in [4.78, 5) is 10.6. The average molecular weight is 243 g/mol. The first-order chi connectivity index (χ1) is 7.07. The number of carbonyl (C=O) groups excluding carboxylic acids is 1. The number of allylic oxidation sites excluding steroid dienone is 1. The van der Waals surface area contributed by atoms with Gasteiger partial charge in [0.25, 0.3) is 0 Å². The van der Waals surface area contributed by atoms with Gasteiger partial charge in [-0.05, 0) is 18.2 Å². The van der Waals surface area contributed by atoms with Crippen molar-refractivity contribution in [3.8, 4) is 0 Å². The first-order valence-corrected chi connectivity index (χ1v) is 6.11. The summed E-state index contributed by atoms with van der Waals surface area (Å²) in [6.07, 6.45) is 1.93. The topological polar surface area (TPSA) is 51.2 Å². The highest BCUT2D eigenvalue weighted by Gasteiger charge is 2.30. The molecule has 15 heavy (non-hydrogen) atoms. The largest absolute Gasteiger partial charge is 0.303 e. The predicted octanol–water partition coefficient (Wildman–Crippen LogP) is 2.06. The molecule has 0 unspecified atom stereocenters. The summed E-state index contributed by atoms with van der Waals surface area (Å²) in [5.74, 6) is 0. The van der Waals surface area contributed by atoms with Gasteiger partial charge in [-0.25, -0.2) is 8.42 Å². The van der Waals surface area contributed by atoms with Crippen molar-refractivity contribution in [3.05, 3.63) is 33.7 Å². The molecular formula is C10H7ClO3S. The van der Waals surface area contributed by atoms with Crippen LogP contribution in [0.15, 0.2) is 28.0 Å². The van der Waals surface area contributed by atoms with Crippen molar-refractivity contribution >= 4 is 33.8 Å². The maximum Gasteiger partial charge on any atom is 0.203 e. The number of rotatable bonds is 2. The number of hydrogen-bond acceptors (Lipinski definition) is 3. The number of halogens is 1. The molecule has 0 aliphatic carbocycles. The summed E-state index contributed by atoms with van der Waals surface area (Å²) in [5.41, 5.74) is 0.482. The molecule has 0 atom stereocenters. The Hall–Kier alpha value is -1.13.